The molecule has 2 radical (unpaired) electrons. The quantitative estimate of drug-likeness (QED) is 0.526. The van der Waals surface area contributed by atoms with Crippen molar-refractivity contribution in [2.24, 2.45) is 0 Å². The van der Waals surface area contributed by atoms with Gasteiger partial charge in [-0.25, -0.2) is 4.98 Å². The molecule has 0 aliphatic carbocycles. The Morgan fingerprint density at radius 2 is 2.36 bits per heavy atom. The Balaban J connectivity index is 3.31. The zero-order valence-corrected chi connectivity index (χ0v) is 7.13. The highest BCUT2D eigenvalue weighted by molar-refractivity contribution is 9.10. The number of nitrogens with two attached hydrogens (primary N) is 1. The highest BCUT2D eigenvalue weighted by Crippen LogP contribution is 2.10. The number of aldehydes is 1. The molecule has 0 aliphatic heterocycles. The van der Waals surface area contributed by atoms with E-state index < -0.39 is 0 Å². The topological polar surface area (TPSA) is 56.0 Å². The molecule has 1 aromatic rings. The number of aromatic nitrogens is 1. The first kappa shape index (κ1) is 8.26. The van der Waals surface area contributed by atoms with Crippen LogP contribution in [0.3, 0.4) is 0 Å². The minimum atomic E-state index is 0.153. The average molecular weight is 211 g/mol. The number of rotatable bonds is 1. The Morgan fingerprint density at radius 3 is 2.91 bits per heavy atom. The SMILES string of the molecule is [B]c1nc(N)c(C=O)cc1Br. The number of carbonyl (C=O) groups is 1. The van der Waals surface area contributed by atoms with Crippen LogP contribution in [0.5, 0.6) is 0 Å². The van der Waals surface area contributed by atoms with Crippen LogP contribution in [-0.4, -0.2) is 19.1 Å². The van der Waals surface area contributed by atoms with Gasteiger partial charge < -0.3 is 5.73 Å². The second-order valence-electron chi connectivity index (χ2n) is 1.95. The second kappa shape index (κ2) is 3.05. The van der Waals surface area contributed by atoms with Gasteiger partial charge in [0.25, 0.3) is 0 Å². The second-order valence-corrected chi connectivity index (χ2v) is 2.80. The third kappa shape index (κ3) is 1.60. The third-order valence-electron chi connectivity index (χ3n) is 1.19. The van der Waals surface area contributed by atoms with E-state index in [0.717, 1.165) is 0 Å². The molecule has 54 valence electrons. The third-order valence-corrected chi connectivity index (χ3v) is 1.83. The number of pyridine rings is 1. The van der Waals surface area contributed by atoms with Crippen LogP contribution >= 0.6 is 15.9 Å². The maximum Gasteiger partial charge on any atom is 0.153 e. The highest BCUT2D eigenvalue weighted by Gasteiger charge is 2.02. The van der Waals surface area contributed by atoms with E-state index >= 15 is 0 Å². The van der Waals surface area contributed by atoms with Gasteiger partial charge in [-0.15, -0.1) is 0 Å². The fourth-order valence-electron chi connectivity index (χ4n) is 0.627. The van der Waals surface area contributed by atoms with E-state index in [-0.39, 0.29) is 11.4 Å². The maximum atomic E-state index is 10.3. The molecule has 0 saturated heterocycles. The summed E-state index contributed by atoms with van der Waals surface area (Å²) in [5.41, 5.74) is 5.98. The number of halogens is 1. The zero-order valence-electron chi connectivity index (χ0n) is 5.54. The molecule has 0 saturated carbocycles. The van der Waals surface area contributed by atoms with Crippen molar-refractivity contribution in [1.29, 1.82) is 0 Å². The maximum absolute atomic E-state index is 10.3. The molecule has 0 fully saturated rings. The van der Waals surface area contributed by atoms with Gasteiger partial charge >= 0.3 is 0 Å². The van der Waals surface area contributed by atoms with Gasteiger partial charge in [-0.1, -0.05) is 0 Å². The molecule has 2 N–H and O–H groups in total. The molecular formula is C6H4BBrN2O. The van der Waals surface area contributed by atoms with Crippen molar-refractivity contribution >= 4 is 41.5 Å². The first-order valence-electron chi connectivity index (χ1n) is 2.82. The van der Waals surface area contributed by atoms with Crippen LogP contribution in [0.1, 0.15) is 10.4 Å². The zero-order chi connectivity index (χ0) is 8.43. The number of carbonyl (C=O) groups excluding carboxylic acids is 1. The average Bonchev–Trinajstić information content (AvgIpc) is 1.97. The summed E-state index contributed by atoms with van der Waals surface area (Å²) >= 11 is 3.12. The highest BCUT2D eigenvalue weighted by atomic mass is 79.9. The predicted molar refractivity (Wildman–Crippen MR) is 47.1 cm³/mol. The summed E-state index contributed by atoms with van der Waals surface area (Å²) in [6.45, 7) is 0. The lowest BCUT2D eigenvalue weighted by Crippen LogP contribution is -2.14. The fraction of sp³-hybridized carbons (Fsp3) is 0. The number of nitrogens with zero attached hydrogens (tertiary/aromatic N) is 1. The minimum Gasteiger partial charge on any atom is -0.383 e. The van der Waals surface area contributed by atoms with Crippen molar-refractivity contribution < 1.29 is 4.79 Å². The van der Waals surface area contributed by atoms with Crippen molar-refractivity contribution in [3.05, 3.63) is 16.1 Å². The molecule has 0 amide bonds. The molecule has 0 aliphatic rings. The molecule has 0 atom stereocenters. The number of hydrogen-bond donors (Lipinski definition) is 1. The summed E-state index contributed by atoms with van der Waals surface area (Å²) in [6, 6.07) is 1.53. The van der Waals surface area contributed by atoms with Gasteiger partial charge in [0.2, 0.25) is 0 Å². The van der Waals surface area contributed by atoms with E-state index in [9.17, 15) is 4.79 Å². The molecule has 0 bridgehead atoms. The summed E-state index contributed by atoms with van der Waals surface area (Å²) in [6.07, 6.45) is 0.631. The number of anilines is 1. The van der Waals surface area contributed by atoms with Crippen LogP contribution < -0.4 is 11.3 Å². The van der Waals surface area contributed by atoms with Crippen LogP contribution in [0.2, 0.25) is 0 Å². The van der Waals surface area contributed by atoms with Crippen molar-refractivity contribution in [2.75, 3.05) is 5.73 Å². The smallest absolute Gasteiger partial charge is 0.153 e. The minimum absolute atomic E-state index is 0.153. The Morgan fingerprint density at radius 1 is 1.73 bits per heavy atom. The summed E-state index contributed by atoms with van der Waals surface area (Å²) < 4.78 is 0.578. The molecular weight excluding hydrogens is 207 g/mol. The van der Waals surface area contributed by atoms with E-state index in [1.165, 1.54) is 6.07 Å². The summed E-state index contributed by atoms with van der Waals surface area (Å²) in [5.74, 6) is 0.153. The predicted octanol–water partition coefficient (Wildman–Crippen LogP) is 0.0326. The normalized spacial score (nSPS) is 9.55. The van der Waals surface area contributed by atoms with E-state index in [1.54, 1.807) is 0 Å². The van der Waals surface area contributed by atoms with E-state index in [0.29, 0.717) is 16.3 Å². The van der Waals surface area contributed by atoms with Gasteiger partial charge in [-0.05, 0) is 22.0 Å². The molecule has 1 heterocycles. The van der Waals surface area contributed by atoms with Crippen molar-refractivity contribution in [3.8, 4) is 0 Å². The van der Waals surface area contributed by atoms with Crippen LogP contribution in [-0.2, 0) is 0 Å². The Bertz CT molecular complexity index is 303. The Kier molecular flexibility index (Phi) is 2.29. The van der Waals surface area contributed by atoms with Crippen LogP contribution in [0.25, 0.3) is 0 Å². The first-order valence-corrected chi connectivity index (χ1v) is 3.61. The van der Waals surface area contributed by atoms with E-state index in [2.05, 4.69) is 20.9 Å². The van der Waals surface area contributed by atoms with Gasteiger partial charge in [0.15, 0.2) is 6.29 Å². The molecule has 5 heteroatoms. The fourth-order valence-corrected chi connectivity index (χ4v) is 0.962. The van der Waals surface area contributed by atoms with Crippen molar-refractivity contribution in [1.82, 2.24) is 4.98 Å². The monoisotopic (exact) mass is 210 g/mol. The molecule has 0 unspecified atom stereocenters. The summed E-state index contributed by atoms with van der Waals surface area (Å²) in [4.78, 5) is 14.0. The Labute approximate surface area is 73.5 Å². The first-order chi connectivity index (χ1) is 5.15. The van der Waals surface area contributed by atoms with Crippen molar-refractivity contribution in [3.63, 3.8) is 0 Å². The van der Waals surface area contributed by atoms with Crippen molar-refractivity contribution in [2.45, 2.75) is 0 Å². The number of hydrogen-bond acceptors (Lipinski definition) is 3. The molecule has 1 rings (SSSR count). The van der Waals surface area contributed by atoms with Crippen LogP contribution in [0.4, 0.5) is 5.82 Å². The molecule has 1 aromatic heterocycles. The van der Waals surface area contributed by atoms with Crippen LogP contribution in [0.15, 0.2) is 10.5 Å². The standard InChI is InChI=1S/C6H4BBrN2O/c7-5-4(8)1-3(2-11)6(9)10-5/h1-2H,(H2,9,10). The summed E-state index contributed by atoms with van der Waals surface area (Å²) in [5, 5.41) is 0. The summed E-state index contributed by atoms with van der Waals surface area (Å²) in [7, 11) is 5.39. The van der Waals surface area contributed by atoms with Gasteiger partial charge in [-0.3, -0.25) is 4.79 Å². The number of nitrogen functional groups attached to an aromatic ring is 1. The largest absolute Gasteiger partial charge is 0.383 e. The van der Waals surface area contributed by atoms with E-state index in [4.69, 9.17) is 13.6 Å². The van der Waals surface area contributed by atoms with Crippen LogP contribution in [0, 0.1) is 0 Å². The lowest BCUT2D eigenvalue weighted by Gasteiger charge is -2.01. The lowest BCUT2D eigenvalue weighted by atomic mass is 10.0. The molecule has 11 heavy (non-hydrogen) atoms. The molecule has 3 nitrogen and oxygen atoms in total. The van der Waals surface area contributed by atoms with Gasteiger partial charge in [0, 0.05) is 10.1 Å². The molecule has 0 aromatic carbocycles. The Hall–Kier alpha value is -0.835. The van der Waals surface area contributed by atoms with Gasteiger partial charge in [0.05, 0.1) is 5.56 Å². The van der Waals surface area contributed by atoms with Gasteiger partial charge in [0.1, 0.15) is 13.7 Å². The molecule has 0 spiro atoms. The van der Waals surface area contributed by atoms with Gasteiger partial charge in [-0.2, -0.15) is 0 Å². The lowest BCUT2D eigenvalue weighted by molar-refractivity contribution is 0.112. The van der Waals surface area contributed by atoms with E-state index in [1.807, 2.05) is 0 Å².